The number of rotatable bonds is 4. The van der Waals surface area contributed by atoms with Crippen LogP contribution in [0.4, 0.5) is 0 Å². The quantitative estimate of drug-likeness (QED) is 0.661. The lowest BCUT2D eigenvalue weighted by Gasteiger charge is -2.22. The predicted octanol–water partition coefficient (Wildman–Crippen LogP) is 2.38. The first-order valence-electron chi connectivity index (χ1n) is 6.65. The van der Waals surface area contributed by atoms with Crippen molar-refractivity contribution in [2.45, 2.75) is 12.0 Å². The van der Waals surface area contributed by atoms with Crippen LogP contribution in [0.2, 0.25) is 0 Å². The number of para-hydroxylation sites is 1. The van der Waals surface area contributed by atoms with Crippen LogP contribution < -0.4 is 20.7 Å². The Morgan fingerprint density at radius 1 is 1.25 bits per heavy atom. The molecule has 0 bridgehead atoms. The number of nitrogens with two attached hydrogens (primary N) is 1. The summed E-state index contributed by atoms with van der Waals surface area (Å²) in [6.07, 6.45) is 0. The van der Waals surface area contributed by atoms with Crippen LogP contribution in [-0.4, -0.2) is 13.7 Å². The maximum atomic E-state index is 5.79. The highest BCUT2D eigenvalue weighted by atomic mass is 16.5. The van der Waals surface area contributed by atoms with Crippen LogP contribution in [0.5, 0.6) is 11.5 Å². The third-order valence-corrected chi connectivity index (χ3v) is 3.77. The van der Waals surface area contributed by atoms with Crippen molar-refractivity contribution in [3.63, 3.8) is 0 Å². The minimum Gasteiger partial charge on any atom is -0.497 e. The van der Waals surface area contributed by atoms with E-state index in [0.717, 1.165) is 17.1 Å². The Bertz CT molecular complexity index is 601. The summed E-state index contributed by atoms with van der Waals surface area (Å²) < 4.78 is 11.0. The largest absolute Gasteiger partial charge is 0.497 e. The second kappa shape index (κ2) is 5.53. The van der Waals surface area contributed by atoms with Crippen molar-refractivity contribution >= 4 is 0 Å². The lowest BCUT2D eigenvalue weighted by molar-refractivity contribution is 0.300. The van der Waals surface area contributed by atoms with E-state index in [0.29, 0.717) is 6.61 Å². The molecule has 0 saturated carbocycles. The SMILES string of the molecule is COc1cccc(C(NN)C2COc3ccccc32)c1. The predicted molar refractivity (Wildman–Crippen MR) is 77.7 cm³/mol. The smallest absolute Gasteiger partial charge is 0.122 e. The molecule has 20 heavy (non-hydrogen) atoms. The van der Waals surface area contributed by atoms with Gasteiger partial charge in [0.05, 0.1) is 19.8 Å². The summed E-state index contributed by atoms with van der Waals surface area (Å²) in [6.45, 7) is 0.630. The lowest BCUT2D eigenvalue weighted by atomic mass is 9.89. The van der Waals surface area contributed by atoms with E-state index >= 15 is 0 Å². The highest BCUT2D eigenvalue weighted by Gasteiger charge is 2.31. The van der Waals surface area contributed by atoms with E-state index in [2.05, 4.69) is 11.5 Å². The number of benzene rings is 2. The normalized spacial score (nSPS) is 18.2. The molecule has 0 spiro atoms. The van der Waals surface area contributed by atoms with Crippen LogP contribution in [0.3, 0.4) is 0 Å². The minimum atomic E-state index is -0.00579. The van der Waals surface area contributed by atoms with E-state index in [9.17, 15) is 0 Å². The second-order valence-electron chi connectivity index (χ2n) is 4.88. The average Bonchev–Trinajstić information content (AvgIpc) is 2.93. The van der Waals surface area contributed by atoms with Crippen LogP contribution in [0.25, 0.3) is 0 Å². The van der Waals surface area contributed by atoms with Gasteiger partial charge in [0.1, 0.15) is 11.5 Å². The zero-order valence-electron chi connectivity index (χ0n) is 11.4. The Hall–Kier alpha value is -2.04. The zero-order chi connectivity index (χ0) is 13.9. The number of hydrogen-bond acceptors (Lipinski definition) is 4. The molecule has 4 heteroatoms. The van der Waals surface area contributed by atoms with Crippen LogP contribution >= 0.6 is 0 Å². The Balaban J connectivity index is 1.95. The molecule has 1 aliphatic rings. The van der Waals surface area contributed by atoms with Gasteiger partial charge in [-0.1, -0.05) is 30.3 Å². The molecule has 2 aromatic carbocycles. The van der Waals surface area contributed by atoms with Crippen molar-refractivity contribution in [3.05, 3.63) is 59.7 Å². The van der Waals surface area contributed by atoms with Crippen molar-refractivity contribution in [2.24, 2.45) is 5.84 Å². The third kappa shape index (κ3) is 2.24. The molecule has 2 unspecified atom stereocenters. The topological polar surface area (TPSA) is 56.5 Å². The van der Waals surface area contributed by atoms with Gasteiger partial charge in [0.25, 0.3) is 0 Å². The molecular weight excluding hydrogens is 252 g/mol. The molecule has 104 valence electrons. The molecule has 3 rings (SSSR count). The molecule has 2 aromatic rings. The maximum absolute atomic E-state index is 5.79. The molecule has 1 heterocycles. The molecular formula is C16H18N2O2. The van der Waals surface area contributed by atoms with E-state index in [4.69, 9.17) is 15.3 Å². The molecule has 3 N–H and O–H groups in total. The van der Waals surface area contributed by atoms with E-state index in [1.165, 1.54) is 5.56 Å². The van der Waals surface area contributed by atoms with Crippen molar-refractivity contribution in [1.82, 2.24) is 5.43 Å². The van der Waals surface area contributed by atoms with Crippen molar-refractivity contribution in [3.8, 4) is 11.5 Å². The Morgan fingerprint density at radius 2 is 2.10 bits per heavy atom. The van der Waals surface area contributed by atoms with Crippen LogP contribution in [-0.2, 0) is 0 Å². The van der Waals surface area contributed by atoms with Crippen molar-refractivity contribution in [2.75, 3.05) is 13.7 Å². The Kier molecular flexibility index (Phi) is 3.58. The lowest BCUT2D eigenvalue weighted by Crippen LogP contribution is -2.33. The van der Waals surface area contributed by atoms with Gasteiger partial charge in [-0.25, -0.2) is 0 Å². The van der Waals surface area contributed by atoms with Crippen LogP contribution in [0.15, 0.2) is 48.5 Å². The number of hydrazine groups is 1. The number of fused-ring (bicyclic) bond motifs is 1. The monoisotopic (exact) mass is 270 g/mol. The average molecular weight is 270 g/mol. The summed E-state index contributed by atoms with van der Waals surface area (Å²) in [5, 5.41) is 0. The van der Waals surface area contributed by atoms with Gasteiger partial charge >= 0.3 is 0 Å². The molecule has 2 atom stereocenters. The molecule has 0 aliphatic carbocycles. The second-order valence-corrected chi connectivity index (χ2v) is 4.88. The van der Waals surface area contributed by atoms with E-state index < -0.39 is 0 Å². The summed E-state index contributed by atoms with van der Waals surface area (Å²) in [7, 11) is 1.66. The molecule has 1 aliphatic heterocycles. The highest BCUT2D eigenvalue weighted by molar-refractivity contribution is 5.43. The summed E-state index contributed by atoms with van der Waals surface area (Å²) in [5.41, 5.74) is 5.20. The van der Waals surface area contributed by atoms with Gasteiger partial charge in [-0.05, 0) is 23.8 Å². The first kappa shape index (κ1) is 13.0. The van der Waals surface area contributed by atoms with Gasteiger partial charge in [-0.3, -0.25) is 11.3 Å². The summed E-state index contributed by atoms with van der Waals surface area (Å²) in [6, 6.07) is 16.0. The summed E-state index contributed by atoms with van der Waals surface area (Å²) in [4.78, 5) is 0. The Labute approximate surface area is 118 Å². The first-order chi connectivity index (χ1) is 9.83. The fraction of sp³-hybridized carbons (Fsp3) is 0.250. The third-order valence-electron chi connectivity index (χ3n) is 3.77. The van der Waals surface area contributed by atoms with Gasteiger partial charge in [0.15, 0.2) is 0 Å². The van der Waals surface area contributed by atoms with Gasteiger partial charge in [-0.15, -0.1) is 0 Å². The van der Waals surface area contributed by atoms with E-state index in [1.54, 1.807) is 7.11 Å². The van der Waals surface area contributed by atoms with Crippen molar-refractivity contribution < 1.29 is 9.47 Å². The molecule has 0 aromatic heterocycles. The molecule has 4 nitrogen and oxygen atoms in total. The summed E-state index contributed by atoms with van der Waals surface area (Å²) in [5.74, 6) is 7.76. The molecule has 0 amide bonds. The van der Waals surface area contributed by atoms with Crippen molar-refractivity contribution in [1.29, 1.82) is 0 Å². The van der Waals surface area contributed by atoms with Gasteiger partial charge in [-0.2, -0.15) is 0 Å². The zero-order valence-corrected chi connectivity index (χ0v) is 11.4. The molecule has 0 fully saturated rings. The fourth-order valence-electron chi connectivity index (χ4n) is 2.74. The maximum Gasteiger partial charge on any atom is 0.122 e. The van der Waals surface area contributed by atoms with Crippen LogP contribution in [0, 0.1) is 0 Å². The van der Waals surface area contributed by atoms with E-state index in [1.807, 2.05) is 42.5 Å². The number of nitrogens with one attached hydrogen (secondary N) is 1. The molecule has 0 radical (unpaired) electrons. The summed E-state index contributed by atoms with van der Waals surface area (Å²) >= 11 is 0. The standard InChI is InChI=1S/C16H18N2O2/c1-19-12-6-4-5-11(9-12)16(18-17)14-10-20-15-8-3-2-7-13(14)15/h2-9,14,16,18H,10,17H2,1H3. The number of hydrogen-bond donors (Lipinski definition) is 2. The van der Waals surface area contributed by atoms with Gasteiger partial charge in [0, 0.05) is 11.5 Å². The molecule has 0 saturated heterocycles. The van der Waals surface area contributed by atoms with Crippen LogP contribution in [0.1, 0.15) is 23.1 Å². The van der Waals surface area contributed by atoms with Gasteiger partial charge in [0.2, 0.25) is 0 Å². The fourth-order valence-corrected chi connectivity index (χ4v) is 2.74. The Morgan fingerprint density at radius 3 is 2.90 bits per heavy atom. The number of ether oxygens (including phenoxy) is 2. The number of methoxy groups -OCH3 is 1. The first-order valence-corrected chi connectivity index (χ1v) is 6.65. The minimum absolute atomic E-state index is 0.00579. The highest BCUT2D eigenvalue weighted by Crippen LogP contribution is 2.41. The van der Waals surface area contributed by atoms with Gasteiger partial charge < -0.3 is 9.47 Å². The van der Waals surface area contributed by atoms with E-state index in [-0.39, 0.29) is 12.0 Å².